The Morgan fingerprint density at radius 2 is 1.92 bits per heavy atom. The van der Waals surface area contributed by atoms with Crippen molar-refractivity contribution in [3.05, 3.63) is 49.2 Å². The fourth-order valence-electron chi connectivity index (χ4n) is 4.61. The first-order valence-electron chi connectivity index (χ1n) is 11.9. The Morgan fingerprint density at radius 3 is 2.61 bits per heavy atom. The van der Waals surface area contributed by atoms with Crippen molar-refractivity contribution >= 4 is 35.2 Å². The van der Waals surface area contributed by atoms with Crippen LogP contribution in [0.5, 0.6) is 0 Å². The number of carbonyl (C=O) groups is 2. The normalized spacial score (nSPS) is 18.4. The summed E-state index contributed by atoms with van der Waals surface area (Å²) in [6, 6.07) is 5.00. The number of fused-ring (bicyclic) bond motifs is 1. The second-order valence-electron chi connectivity index (χ2n) is 9.20. The molecule has 0 aliphatic carbocycles. The lowest BCUT2D eigenvalue weighted by Crippen LogP contribution is -2.42. The molecule has 0 unspecified atom stereocenters. The van der Waals surface area contributed by atoms with Crippen LogP contribution in [0.2, 0.25) is 0 Å². The highest BCUT2D eigenvalue weighted by Crippen LogP contribution is 2.34. The van der Waals surface area contributed by atoms with E-state index in [1.165, 1.54) is 9.80 Å². The van der Waals surface area contributed by atoms with Crippen molar-refractivity contribution in [3.8, 4) is 11.3 Å². The third-order valence-corrected chi connectivity index (χ3v) is 6.89. The molecule has 5 rings (SSSR count). The van der Waals surface area contributed by atoms with E-state index in [0.29, 0.717) is 34.8 Å². The molecule has 3 amide bonds. The number of nitrogens with zero attached hydrogens (tertiary/aromatic N) is 8. The Kier molecular flexibility index (Phi) is 5.91. The number of hydrogen-bond donors (Lipinski definition) is 1. The van der Waals surface area contributed by atoms with Crippen molar-refractivity contribution < 1.29 is 9.59 Å². The maximum absolute atomic E-state index is 13.1. The van der Waals surface area contributed by atoms with Gasteiger partial charge in [-0.1, -0.05) is 12.6 Å². The second kappa shape index (κ2) is 9.06. The van der Waals surface area contributed by atoms with Crippen LogP contribution in [0.15, 0.2) is 43.5 Å². The fourth-order valence-corrected chi connectivity index (χ4v) is 4.61. The zero-order valence-corrected chi connectivity index (χ0v) is 20.8. The Morgan fingerprint density at radius 1 is 1.17 bits per heavy atom. The van der Waals surface area contributed by atoms with Gasteiger partial charge in [0.2, 0.25) is 11.9 Å². The smallest absolute Gasteiger partial charge is 0.329 e. The summed E-state index contributed by atoms with van der Waals surface area (Å²) < 4.78 is 1.71. The van der Waals surface area contributed by atoms with Crippen molar-refractivity contribution in [2.75, 3.05) is 35.8 Å². The van der Waals surface area contributed by atoms with Crippen molar-refractivity contribution in [1.29, 1.82) is 0 Å². The molecule has 11 heteroatoms. The third kappa shape index (κ3) is 3.96. The van der Waals surface area contributed by atoms with Gasteiger partial charge in [-0.3, -0.25) is 14.6 Å². The first-order valence-corrected chi connectivity index (χ1v) is 11.9. The minimum Gasteiger partial charge on any atom is -0.338 e. The summed E-state index contributed by atoms with van der Waals surface area (Å²) in [6.45, 7) is 8.93. The molecule has 0 spiro atoms. The van der Waals surface area contributed by atoms with Crippen molar-refractivity contribution in [3.63, 3.8) is 0 Å². The van der Waals surface area contributed by atoms with E-state index in [1.54, 1.807) is 50.4 Å². The molecule has 0 aromatic carbocycles. The molecule has 0 saturated carbocycles. The molecule has 3 aromatic rings. The van der Waals surface area contributed by atoms with Crippen LogP contribution in [-0.2, 0) is 4.79 Å². The van der Waals surface area contributed by atoms with Crippen molar-refractivity contribution in [2.45, 2.75) is 38.8 Å². The molecular formula is C25H29N9O2. The van der Waals surface area contributed by atoms with Crippen LogP contribution in [0, 0.1) is 0 Å². The lowest BCUT2D eigenvalue weighted by atomic mass is 10.2. The van der Waals surface area contributed by atoms with Gasteiger partial charge in [0.1, 0.15) is 17.6 Å². The summed E-state index contributed by atoms with van der Waals surface area (Å²) in [5.41, 5.74) is 2.53. The van der Waals surface area contributed by atoms with E-state index in [2.05, 4.69) is 43.7 Å². The quantitative estimate of drug-likeness (QED) is 0.587. The molecule has 2 aliphatic rings. The monoisotopic (exact) mass is 487 g/mol. The van der Waals surface area contributed by atoms with Gasteiger partial charge in [-0.25, -0.2) is 24.7 Å². The van der Waals surface area contributed by atoms with Gasteiger partial charge >= 0.3 is 6.03 Å². The molecule has 0 bridgehead atoms. The molecule has 36 heavy (non-hydrogen) atoms. The van der Waals surface area contributed by atoms with E-state index in [1.807, 2.05) is 12.1 Å². The summed E-state index contributed by atoms with van der Waals surface area (Å²) in [5.74, 6) is 1.34. The van der Waals surface area contributed by atoms with Crippen molar-refractivity contribution in [2.24, 2.45) is 0 Å². The maximum atomic E-state index is 13.1. The average molecular weight is 488 g/mol. The Labute approximate surface area is 209 Å². The van der Waals surface area contributed by atoms with Crippen LogP contribution in [0.1, 0.15) is 38.4 Å². The van der Waals surface area contributed by atoms with Gasteiger partial charge in [0.15, 0.2) is 5.82 Å². The first kappa shape index (κ1) is 23.5. The minimum absolute atomic E-state index is 0.233. The Balaban J connectivity index is 1.33. The van der Waals surface area contributed by atoms with Gasteiger partial charge < -0.3 is 14.8 Å². The molecule has 1 N–H and O–H groups in total. The zero-order chi connectivity index (χ0) is 25.6. The van der Waals surface area contributed by atoms with Gasteiger partial charge in [-0.15, -0.1) is 0 Å². The summed E-state index contributed by atoms with van der Waals surface area (Å²) in [4.78, 5) is 48.6. The highest BCUT2D eigenvalue weighted by atomic mass is 16.2. The number of pyridine rings is 1. The molecule has 1 fully saturated rings. The number of aromatic nitrogens is 5. The number of amides is 3. The number of anilines is 3. The predicted octanol–water partition coefficient (Wildman–Crippen LogP) is 3.40. The number of imidazole rings is 1. The van der Waals surface area contributed by atoms with E-state index in [9.17, 15) is 9.59 Å². The Bertz CT molecular complexity index is 1330. The molecule has 11 nitrogen and oxygen atoms in total. The lowest BCUT2D eigenvalue weighted by molar-refractivity contribution is -0.118. The number of rotatable bonds is 5. The van der Waals surface area contributed by atoms with Gasteiger partial charge in [-0.2, -0.15) is 0 Å². The standard InChI is InChI=1S/C25H29N9O2/c1-15-8-7-11-33(15)24-26-12-18(13-27-24)19-9-6-10-20(29-19)30-23(35)17(3)34-14-28-22-21(34)16(2)31(4)25(36)32(22)5/h6,9-10,12-15,17H,2,7-8,11H2,1,3-5H3,(H,29,30,35)/t15-,17-/m0/s1. The van der Waals surface area contributed by atoms with Crippen molar-refractivity contribution in [1.82, 2.24) is 29.4 Å². The van der Waals surface area contributed by atoms with Gasteiger partial charge in [-0.05, 0) is 38.8 Å². The first-order chi connectivity index (χ1) is 17.3. The predicted molar refractivity (Wildman–Crippen MR) is 137 cm³/mol. The van der Waals surface area contributed by atoms with Gasteiger partial charge in [0, 0.05) is 44.6 Å². The molecule has 2 atom stereocenters. The number of hydrogen-bond acceptors (Lipinski definition) is 7. The SMILES string of the molecule is C=C1c2c(ncn2[C@@H](C)C(=O)Nc2cccc(-c3cnc(N4CCC[C@@H]4C)nc3)n2)N(C)C(=O)N1C. The van der Waals surface area contributed by atoms with Crippen LogP contribution in [0.25, 0.3) is 17.0 Å². The van der Waals surface area contributed by atoms with Crippen LogP contribution >= 0.6 is 0 Å². The van der Waals surface area contributed by atoms with Crippen LogP contribution in [0.4, 0.5) is 22.4 Å². The molecular weight excluding hydrogens is 458 g/mol. The molecule has 0 radical (unpaired) electrons. The number of nitrogens with one attached hydrogen (secondary N) is 1. The van der Waals surface area contributed by atoms with E-state index in [4.69, 9.17) is 0 Å². The summed E-state index contributed by atoms with van der Waals surface area (Å²) >= 11 is 0. The van der Waals surface area contributed by atoms with E-state index >= 15 is 0 Å². The largest absolute Gasteiger partial charge is 0.338 e. The lowest BCUT2D eigenvalue weighted by Gasteiger charge is -2.32. The van der Waals surface area contributed by atoms with E-state index in [-0.39, 0.29) is 11.9 Å². The van der Waals surface area contributed by atoms with Crippen LogP contribution in [-0.4, -0.2) is 68.0 Å². The van der Waals surface area contributed by atoms with Gasteiger partial charge in [0.05, 0.1) is 17.7 Å². The number of carbonyl (C=O) groups excluding carboxylic acids is 2. The summed E-state index contributed by atoms with van der Waals surface area (Å²) in [6.07, 6.45) is 7.38. The molecule has 1 saturated heterocycles. The Hall–Kier alpha value is -4.28. The topological polar surface area (TPSA) is 112 Å². The fraction of sp³-hybridized carbons (Fsp3) is 0.360. The molecule has 186 valence electrons. The third-order valence-electron chi connectivity index (χ3n) is 6.89. The summed E-state index contributed by atoms with van der Waals surface area (Å²) in [7, 11) is 3.28. The number of urea groups is 1. The van der Waals surface area contributed by atoms with Crippen LogP contribution < -0.4 is 15.1 Å². The molecule has 2 aliphatic heterocycles. The highest BCUT2D eigenvalue weighted by molar-refractivity contribution is 6.02. The van der Waals surface area contributed by atoms with Gasteiger partial charge in [0.25, 0.3) is 0 Å². The van der Waals surface area contributed by atoms with Crippen LogP contribution in [0.3, 0.4) is 0 Å². The molecule has 5 heterocycles. The summed E-state index contributed by atoms with van der Waals surface area (Å²) in [5, 5.41) is 2.88. The minimum atomic E-state index is -0.622. The van der Waals surface area contributed by atoms with E-state index in [0.717, 1.165) is 30.9 Å². The highest BCUT2D eigenvalue weighted by Gasteiger charge is 2.34. The average Bonchev–Trinajstić information content (AvgIpc) is 3.52. The maximum Gasteiger partial charge on any atom is 0.329 e. The molecule has 3 aromatic heterocycles. The van der Waals surface area contributed by atoms with E-state index < -0.39 is 6.04 Å². The second-order valence-corrected chi connectivity index (χ2v) is 9.20. The zero-order valence-electron chi connectivity index (χ0n) is 20.8.